The maximum Gasteiger partial charge on any atom is 0.416 e. The number of sulfonamides is 1. The molecule has 0 bridgehead atoms. The van der Waals surface area contributed by atoms with Crippen LogP contribution in [0, 0.1) is 0 Å². The standard InChI is InChI=1S/C21H19ClF3N3O2S/c22-18-7-6-17(21(23,24)25)13-19(18)31(29,30)28-11-9-27(10-12-28)14-16-4-1-3-15-5-2-8-26-20(15)16/h1-8,13H,9-12,14H2. The summed E-state index contributed by atoms with van der Waals surface area (Å²) >= 11 is 5.95. The summed E-state index contributed by atoms with van der Waals surface area (Å²) in [7, 11) is -4.14. The Morgan fingerprint density at radius 1 is 1.00 bits per heavy atom. The van der Waals surface area contributed by atoms with E-state index in [9.17, 15) is 21.6 Å². The lowest BCUT2D eigenvalue weighted by Gasteiger charge is -2.34. The first-order valence-electron chi connectivity index (χ1n) is 9.58. The van der Waals surface area contributed by atoms with E-state index in [0.717, 1.165) is 28.6 Å². The summed E-state index contributed by atoms with van der Waals surface area (Å²) in [5.74, 6) is 0. The van der Waals surface area contributed by atoms with Gasteiger partial charge >= 0.3 is 6.18 Å². The molecular formula is C21H19ClF3N3O2S. The van der Waals surface area contributed by atoms with Gasteiger partial charge in [-0.2, -0.15) is 17.5 Å². The molecule has 0 radical (unpaired) electrons. The molecule has 0 amide bonds. The molecule has 1 fully saturated rings. The quantitative estimate of drug-likeness (QED) is 0.568. The number of hydrogen-bond donors (Lipinski definition) is 0. The second-order valence-corrected chi connectivity index (χ2v) is 9.63. The van der Waals surface area contributed by atoms with E-state index in [1.807, 2.05) is 30.3 Å². The molecule has 0 unspecified atom stereocenters. The molecule has 3 aromatic rings. The van der Waals surface area contributed by atoms with Crippen LogP contribution in [0.4, 0.5) is 13.2 Å². The Hall–Kier alpha value is -2.20. The van der Waals surface area contributed by atoms with Crippen LogP contribution in [0.3, 0.4) is 0 Å². The molecule has 10 heteroatoms. The van der Waals surface area contributed by atoms with Crippen molar-refractivity contribution in [3.05, 3.63) is 70.9 Å². The first kappa shape index (κ1) is 22.0. The van der Waals surface area contributed by atoms with Crippen LogP contribution >= 0.6 is 11.6 Å². The highest BCUT2D eigenvalue weighted by Gasteiger charge is 2.35. The SMILES string of the molecule is O=S(=O)(c1cc(C(F)(F)F)ccc1Cl)N1CCN(Cc2cccc3cccnc23)CC1. The number of benzene rings is 2. The predicted octanol–water partition coefficient (Wildman–Crippen LogP) is 4.41. The minimum atomic E-state index is -4.65. The summed E-state index contributed by atoms with van der Waals surface area (Å²) in [6.07, 6.45) is -2.92. The molecule has 31 heavy (non-hydrogen) atoms. The maximum absolute atomic E-state index is 13.0. The zero-order valence-corrected chi connectivity index (χ0v) is 17.9. The zero-order chi connectivity index (χ0) is 22.2. The van der Waals surface area contributed by atoms with E-state index in [1.54, 1.807) is 6.20 Å². The van der Waals surface area contributed by atoms with E-state index in [-0.39, 0.29) is 18.1 Å². The van der Waals surface area contributed by atoms with Gasteiger partial charge in [0.05, 0.1) is 16.1 Å². The number of halogens is 4. The Bertz CT molecular complexity index is 1200. The Balaban J connectivity index is 1.49. The van der Waals surface area contributed by atoms with Crippen LogP contribution < -0.4 is 0 Å². The number of rotatable bonds is 4. The third-order valence-electron chi connectivity index (χ3n) is 5.32. The van der Waals surface area contributed by atoms with Gasteiger partial charge in [-0.25, -0.2) is 8.42 Å². The predicted molar refractivity (Wildman–Crippen MR) is 112 cm³/mol. The van der Waals surface area contributed by atoms with Crippen molar-refractivity contribution in [1.82, 2.24) is 14.2 Å². The highest BCUT2D eigenvalue weighted by Crippen LogP contribution is 2.34. The lowest BCUT2D eigenvalue weighted by Crippen LogP contribution is -2.48. The van der Waals surface area contributed by atoms with E-state index >= 15 is 0 Å². The third kappa shape index (κ3) is 4.55. The Labute approximate surface area is 183 Å². The van der Waals surface area contributed by atoms with Gasteiger partial charge in [0.2, 0.25) is 10.0 Å². The molecule has 5 nitrogen and oxygen atoms in total. The van der Waals surface area contributed by atoms with Crippen molar-refractivity contribution in [3.63, 3.8) is 0 Å². The van der Waals surface area contributed by atoms with Crippen molar-refractivity contribution in [1.29, 1.82) is 0 Å². The fourth-order valence-electron chi connectivity index (χ4n) is 3.68. The molecule has 0 atom stereocenters. The van der Waals surface area contributed by atoms with E-state index in [2.05, 4.69) is 9.88 Å². The molecule has 0 spiro atoms. The van der Waals surface area contributed by atoms with Gasteiger partial charge in [0, 0.05) is 44.3 Å². The van der Waals surface area contributed by atoms with Gasteiger partial charge in [-0.05, 0) is 29.8 Å². The lowest BCUT2D eigenvalue weighted by molar-refractivity contribution is -0.137. The van der Waals surface area contributed by atoms with Crippen LogP contribution in [0.5, 0.6) is 0 Å². The second-order valence-electron chi connectivity index (χ2n) is 7.32. The van der Waals surface area contributed by atoms with E-state index in [0.29, 0.717) is 25.7 Å². The summed E-state index contributed by atoms with van der Waals surface area (Å²) in [5.41, 5.74) is 0.892. The van der Waals surface area contributed by atoms with E-state index in [4.69, 9.17) is 11.6 Å². The monoisotopic (exact) mass is 469 g/mol. The first-order valence-corrected chi connectivity index (χ1v) is 11.4. The summed E-state index contributed by atoms with van der Waals surface area (Å²) in [6.45, 7) is 1.81. The minimum absolute atomic E-state index is 0.160. The fraction of sp³-hybridized carbons (Fsp3) is 0.286. The average molecular weight is 470 g/mol. The molecule has 1 saturated heterocycles. The summed E-state index contributed by atoms with van der Waals surface area (Å²) in [4.78, 5) is 6.02. The van der Waals surface area contributed by atoms with Crippen LogP contribution in [0.2, 0.25) is 5.02 Å². The van der Waals surface area contributed by atoms with Crippen molar-refractivity contribution < 1.29 is 21.6 Å². The van der Waals surface area contributed by atoms with Gasteiger partial charge in [0.15, 0.2) is 0 Å². The number of hydrogen-bond acceptors (Lipinski definition) is 4. The van der Waals surface area contributed by atoms with Crippen molar-refractivity contribution in [3.8, 4) is 0 Å². The van der Waals surface area contributed by atoms with Gasteiger partial charge in [-0.15, -0.1) is 0 Å². The smallest absolute Gasteiger partial charge is 0.296 e. The molecular weight excluding hydrogens is 451 g/mol. The molecule has 4 rings (SSSR count). The third-order valence-corrected chi connectivity index (χ3v) is 7.70. The number of nitrogens with zero attached hydrogens (tertiary/aromatic N) is 3. The summed E-state index contributed by atoms with van der Waals surface area (Å²) in [5, 5.41) is 0.803. The van der Waals surface area contributed by atoms with Crippen molar-refractivity contribution in [2.24, 2.45) is 0 Å². The average Bonchev–Trinajstić information content (AvgIpc) is 2.74. The molecule has 1 aliphatic heterocycles. The van der Waals surface area contributed by atoms with Gasteiger partial charge in [0.25, 0.3) is 0 Å². The van der Waals surface area contributed by atoms with Gasteiger partial charge in [-0.3, -0.25) is 9.88 Å². The van der Waals surface area contributed by atoms with Gasteiger partial charge < -0.3 is 0 Å². The Morgan fingerprint density at radius 3 is 2.42 bits per heavy atom. The first-order chi connectivity index (χ1) is 14.7. The molecule has 1 aliphatic rings. The molecule has 0 N–H and O–H groups in total. The van der Waals surface area contributed by atoms with Crippen LogP contribution in [0.1, 0.15) is 11.1 Å². The van der Waals surface area contributed by atoms with Gasteiger partial charge in [-0.1, -0.05) is 35.9 Å². The lowest BCUT2D eigenvalue weighted by atomic mass is 10.1. The molecule has 2 heterocycles. The zero-order valence-electron chi connectivity index (χ0n) is 16.3. The van der Waals surface area contributed by atoms with Crippen LogP contribution in [0.25, 0.3) is 10.9 Å². The fourth-order valence-corrected chi connectivity index (χ4v) is 5.60. The highest BCUT2D eigenvalue weighted by atomic mass is 35.5. The van der Waals surface area contributed by atoms with Crippen molar-refractivity contribution >= 4 is 32.5 Å². The number of para-hydroxylation sites is 1. The minimum Gasteiger partial charge on any atom is -0.296 e. The number of pyridine rings is 1. The highest BCUT2D eigenvalue weighted by molar-refractivity contribution is 7.89. The molecule has 0 saturated carbocycles. The number of alkyl halides is 3. The number of piperazine rings is 1. The topological polar surface area (TPSA) is 53.5 Å². The molecule has 1 aromatic heterocycles. The Kier molecular flexibility index (Phi) is 5.95. The van der Waals surface area contributed by atoms with Crippen molar-refractivity contribution in [2.45, 2.75) is 17.6 Å². The second kappa shape index (κ2) is 8.38. The number of aromatic nitrogens is 1. The van der Waals surface area contributed by atoms with E-state index in [1.165, 1.54) is 4.31 Å². The Morgan fingerprint density at radius 2 is 1.71 bits per heavy atom. The summed E-state index contributed by atoms with van der Waals surface area (Å²) < 4.78 is 66.2. The van der Waals surface area contributed by atoms with Crippen LogP contribution in [-0.4, -0.2) is 48.8 Å². The van der Waals surface area contributed by atoms with E-state index < -0.39 is 26.7 Å². The van der Waals surface area contributed by atoms with Gasteiger partial charge in [0.1, 0.15) is 4.90 Å². The molecule has 164 valence electrons. The number of fused-ring (bicyclic) bond motifs is 1. The largest absolute Gasteiger partial charge is 0.416 e. The summed E-state index contributed by atoms with van der Waals surface area (Å²) in [6, 6.07) is 12.1. The molecule has 2 aromatic carbocycles. The van der Waals surface area contributed by atoms with Crippen LogP contribution in [0.15, 0.2) is 59.6 Å². The molecule has 0 aliphatic carbocycles. The van der Waals surface area contributed by atoms with Crippen LogP contribution in [-0.2, 0) is 22.7 Å². The van der Waals surface area contributed by atoms with Crippen molar-refractivity contribution in [2.75, 3.05) is 26.2 Å². The maximum atomic E-state index is 13.0. The normalized spacial score (nSPS) is 16.6.